The van der Waals surface area contributed by atoms with E-state index in [0.29, 0.717) is 6.07 Å². The second-order valence-electron chi connectivity index (χ2n) is 5.19. The third kappa shape index (κ3) is 6.14. The Bertz CT molecular complexity index is 840. The second-order valence-corrected chi connectivity index (χ2v) is 5.60. The Morgan fingerprint density at radius 3 is 2.26 bits per heavy atom. The summed E-state index contributed by atoms with van der Waals surface area (Å²) in [6.07, 6.45) is -3.33. The second kappa shape index (κ2) is 9.22. The van der Waals surface area contributed by atoms with Gasteiger partial charge in [-0.1, -0.05) is 31.9 Å². The lowest BCUT2D eigenvalue weighted by Crippen LogP contribution is -2.05. The lowest BCUT2D eigenvalue weighted by molar-refractivity contribution is -0.385. The van der Waals surface area contributed by atoms with E-state index < -0.39 is 33.9 Å². The highest BCUT2D eigenvalue weighted by atomic mass is 35.5. The van der Waals surface area contributed by atoms with Crippen LogP contribution in [0.5, 0.6) is 11.5 Å². The Morgan fingerprint density at radius 1 is 1.22 bits per heavy atom. The molecule has 0 fully saturated rings. The highest BCUT2D eigenvalue weighted by Crippen LogP contribution is 2.37. The van der Waals surface area contributed by atoms with Crippen LogP contribution >= 0.6 is 11.6 Å². The van der Waals surface area contributed by atoms with Crippen molar-refractivity contribution in [3.63, 3.8) is 0 Å². The first kappa shape index (κ1) is 22.2. The Morgan fingerprint density at radius 2 is 1.81 bits per heavy atom. The van der Waals surface area contributed by atoms with Crippen molar-refractivity contribution in [2.45, 2.75) is 26.4 Å². The molecule has 0 saturated carbocycles. The molecule has 0 aromatic heterocycles. The monoisotopic (exact) mass is 405 g/mol. The Hall–Kier alpha value is -2.81. The van der Waals surface area contributed by atoms with E-state index in [1.807, 2.05) is 0 Å². The van der Waals surface area contributed by atoms with Crippen LogP contribution < -0.4 is 4.74 Å². The van der Waals surface area contributed by atoms with Crippen molar-refractivity contribution in [3.8, 4) is 11.5 Å². The van der Waals surface area contributed by atoms with Gasteiger partial charge in [-0.25, -0.2) is 4.79 Å². The van der Waals surface area contributed by atoms with Crippen molar-refractivity contribution in [1.29, 1.82) is 0 Å². The molecule has 0 amide bonds. The third-order valence-corrected chi connectivity index (χ3v) is 3.18. The van der Waals surface area contributed by atoms with Crippen molar-refractivity contribution in [2.24, 2.45) is 0 Å². The Kier molecular flexibility index (Phi) is 7.59. The SMILES string of the molecule is CCC.O=C(O)c1cc(Oc2ccc(C(F)(F)F)cc2Cl)ccc1[N+](=O)[O-]. The fourth-order valence-corrected chi connectivity index (χ4v) is 2.02. The van der Waals surface area contributed by atoms with Gasteiger partial charge < -0.3 is 9.84 Å². The van der Waals surface area contributed by atoms with Gasteiger partial charge in [0.1, 0.15) is 17.1 Å². The standard InChI is InChI=1S/C14H7ClF3NO5.C3H8/c15-10-5-7(14(16,17)18)1-4-12(10)24-8-2-3-11(19(22)23)9(6-8)13(20)21;1-3-2/h1-6H,(H,20,21);3H2,1-2H3. The van der Waals surface area contributed by atoms with Gasteiger partial charge in [0.25, 0.3) is 5.69 Å². The molecule has 0 bridgehead atoms. The minimum Gasteiger partial charge on any atom is -0.477 e. The van der Waals surface area contributed by atoms with Gasteiger partial charge in [-0.15, -0.1) is 0 Å². The number of benzene rings is 2. The minimum atomic E-state index is -4.58. The summed E-state index contributed by atoms with van der Waals surface area (Å²) >= 11 is 5.72. The average Bonchev–Trinajstić information content (AvgIpc) is 2.56. The summed E-state index contributed by atoms with van der Waals surface area (Å²) in [6, 6.07) is 5.27. The fourth-order valence-electron chi connectivity index (χ4n) is 1.80. The molecular formula is C17H15ClF3NO5. The number of nitrogens with zero attached hydrogens (tertiary/aromatic N) is 1. The lowest BCUT2D eigenvalue weighted by atomic mass is 10.1. The molecule has 2 aromatic carbocycles. The Balaban J connectivity index is 0.00000114. The zero-order valence-corrected chi connectivity index (χ0v) is 15.0. The van der Waals surface area contributed by atoms with Crippen molar-refractivity contribution in [1.82, 2.24) is 0 Å². The van der Waals surface area contributed by atoms with E-state index in [4.69, 9.17) is 21.4 Å². The third-order valence-electron chi connectivity index (χ3n) is 2.88. The van der Waals surface area contributed by atoms with Crippen molar-refractivity contribution in [2.75, 3.05) is 0 Å². The molecule has 0 aliphatic rings. The first-order chi connectivity index (χ1) is 12.5. The molecule has 1 N–H and O–H groups in total. The fraction of sp³-hybridized carbons (Fsp3) is 0.235. The van der Waals surface area contributed by atoms with Crippen LogP contribution in [0.25, 0.3) is 0 Å². The van der Waals surface area contributed by atoms with Crippen LogP contribution in [0.15, 0.2) is 36.4 Å². The number of nitro groups is 1. The summed E-state index contributed by atoms with van der Waals surface area (Å²) in [5, 5.41) is 19.4. The molecule has 0 radical (unpaired) electrons. The van der Waals surface area contributed by atoms with E-state index in [1.54, 1.807) is 0 Å². The summed E-state index contributed by atoms with van der Waals surface area (Å²) in [5.41, 5.74) is -2.25. The minimum absolute atomic E-state index is 0.125. The van der Waals surface area contributed by atoms with Crippen LogP contribution in [0, 0.1) is 10.1 Å². The normalized spacial score (nSPS) is 10.6. The zero-order chi connectivity index (χ0) is 20.8. The molecule has 146 valence electrons. The van der Waals surface area contributed by atoms with Gasteiger partial charge in [0.2, 0.25) is 0 Å². The summed E-state index contributed by atoms with van der Waals surface area (Å²) in [7, 11) is 0. The molecular weight excluding hydrogens is 391 g/mol. The van der Waals surface area contributed by atoms with Gasteiger partial charge in [-0.2, -0.15) is 13.2 Å². The van der Waals surface area contributed by atoms with E-state index in [-0.39, 0.29) is 16.5 Å². The first-order valence-electron chi connectivity index (χ1n) is 7.57. The van der Waals surface area contributed by atoms with Gasteiger partial charge in [-0.3, -0.25) is 10.1 Å². The summed E-state index contributed by atoms with van der Waals surface area (Å²) in [5.74, 6) is -1.83. The number of carboxylic acid groups (broad SMARTS) is 1. The number of nitro benzene ring substituents is 1. The molecule has 0 heterocycles. The van der Waals surface area contributed by atoms with E-state index in [1.165, 1.54) is 6.42 Å². The lowest BCUT2D eigenvalue weighted by Gasteiger charge is -2.11. The molecule has 10 heteroatoms. The molecule has 0 atom stereocenters. The predicted molar refractivity (Wildman–Crippen MR) is 92.5 cm³/mol. The van der Waals surface area contributed by atoms with Crippen molar-refractivity contribution >= 4 is 23.3 Å². The molecule has 2 aromatic rings. The van der Waals surface area contributed by atoms with Crippen molar-refractivity contribution < 1.29 is 32.7 Å². The zero-order valence-electron chi connectivity index (χ0n) is 14.2. The van der Waals surface area contributed by atoms with Gasteiger partial charge in [0, 0.05) is 12.1 Å². The molecule has 0 aliphatic carbocycles. The molecule has 2 rings (SSSR count). The summed E-state index contributed by atoms with van der Waals surface area (Å²) in [4.78, 5) is 20.9. The summed E-state index contributed by atoms with van der Waals surface area (Å²) in [6.45, 7) is 4.25. The van der Waals surface area contributed by atoms with E-state index in [0.717, 1.165) is 30.3 Å². The van der Waals surface area contributed by atoms with Crippen LogP contribution in [-0.4, -0.2) is 16.0 Å². The highest BCUT2D eigenvalue weighted by Gasteiger charge is 2.31. The Labute approximate surface area is 157 Å². The van der Waals surface area contributed by atoms with Gasteiger partial charge in [-0.05, 0) is 24.3 Å². The number of carbonyl (C=O) groups is 1. The summed E-state index contributed by atoms with van der Waals surface area (Å²) < 4.78 is 42.9. The number of carboxylic acids is 1. The number of aromatic carboxylic acids is 1. The molecule has 27 heavy (non-hydrogen) atoms. The molecule has 0 aliphatic heterocycles. The van der Waals surface area contributed by atoms with Crippen LogP contribution in [0.1, 0.15) is 36.2 Å². The predicted octanol–water partition coefficient (Wildman–Crippen LogP) is 6.17. The number of rotatable bonds is 4. The van der Waals surface area contributed by atoms with Crippen LogP contribution in [0.3, 0.4) is 0 Å². The maximum Gasteiger partial charge on any atom is 0.416 e. The topological polar surface area (TPSA) is 89.7 Å². The van der Waals surface area contributed by atoms with Crippen LogP contribution in [0.4, 0.5) is 18.9 Å². The molecule has 0 unspecified atom stereocenters. The van der Waals surface area contributed by atoms with Crippen LogP contribution in [-0.2, 0) is 6.18 Å². The van der Waals surface area contributed by atoms with Gasteiger partial charge >= 0.3 is 12.1 Å². The average molecular weight is 406 g/mol. The van der Waals surface area contributed by atoms with E-state index in [2.05, 4.69) is 13.8 Å². The highest BCUT2D eigenvalue weighted by molar-refractivity contribution is 6.32. The quantitative estimate of drug-likeness (QED) is 0.485. The van der Waals surface area contributed by atoms with Gasteiger partial charge in [0.15, 0.2) is 0 Å². The maximum atomic E-state index is 12.6. The number of ether oxygens (including phenoxy) is 1. The molecule has 6 nitrogen and oxygen atoms in total. The maximum absolute atomic E-state index is 12.6. The van der Waals surface area contributed by atoms with E-state index in [9.17, 15) is 28.1 Å². The number of alkyl halides is 3. The number of hydrogen-bond acceptors (Lipinski definition) is 4. The largest absolute Gasteiger partial charge is 0.477 e. The smallest absolute Gasteiger partial charge is 0.416 e. The molecule has 0 spiro atoms. The van der Waals surface area contributed by atoms with Crippen molar-refractivity contribution in [3.05, 3.63) is 62.7 Å². The van der Waals surface area contributed by atoms with Gasteiger partial charge in [0.05, 0.1) is 15.5 Å². The van der Waals surface area contributed by atoms with Crippen LogP contribution in [0.2, 0.25) is 5.02 Å². The molecule has 0 saturated heterocycles. The first-order valence-corrected chi connectivity index (χ1v) is 7.95. The number of hydrogen-bond donors (Lipinski definition) is 1. The number of halogens is 4. The van der Waals surface area contributed by atoms with E-state index >= 15 is 0 Å².